The van der Waals surface area contributed by atoms with Crippen LogP contribution in [0.3, 0.4) is 0 Å². The molecule has 2 unspecified atom stereocenters. The molecule has 1 rings (SSSR count). The minimum Gasteiger partial charge on any atom is -0.313 e. The Morgan fingerprint density at radius 2 is 1.80 bits per heavy atom. The van der Waals surface area contributed by atoms with Crippen molar-refractivity contribution in [2.24, 2.45) is 5.92 Å². The van der Waals surface area contributed by atoms with Gasteiger partial charge in [0.1, 0.15) is 0 Å². The second-order valence-electron chi connectivity index (χ2n) is 4.34. The molecular weight excluding hydrogens is 182 g/mol. The van der Waals surface area contributed by atoms with Gasteiger partial charge in [0, 0.05) is 6.04 Å². The van der Waals surface area contributed by atoms with E-state index in [-0.39, 0.29) is 0 Å². The molecule has 0 heterocycles. The van der Waals surface area contributed by atoms with Crippen LogP contribution in [0.1, 0.15) is 44.7 Å². The zero-order chi connectivity index (χ0) is 11.1. The fourth-order valence-electron chi connectivity index (χ4n) is 1.82. The summed E-state index contributed by atoms with van der Waals surface area (Å²) in [6.07, 6.45) is 3.82. The van der Waals surface area contributed by atoms with E-state index in [2.05, 4.69) is 49.5 Å². The normalized spacial score (nSPS) is 14.9. The van der Waals surface area contributed by atoms with Crippen LogP contribution in [0.25, 0.3) is 0 Å². The summed E-state index contributed by atoms with van der Waals surface area (Å²) in [5, 5.41) is 3.40. The lowest BCUT2D eigenvalue weighted by molar-refractivity contribution is 0.435. The monoisotopic (exact) mass is 205 g/mol. The summed E-state index contributed by atoms with van der Waals surface area (Å²) in [6.45, 7) is 4.60. The molecule has 1 heteroatoms. The van der Waals surface area contributed by atoms with E-state index >= 15 is 0 Å². The molecule has 0 aliphatic carbocycles. The predicted octanol–water partition coefficient (Wildman–Crippen LogP) is 3.77. The highest BCUT2D eigenvalue weighted by Crippen LogP contribution is 2.21. The quantitative estimate of drug-likeness (QED) is 0.745. The molecule has 0 fully saturated rings. The zero-order valence-corrected chi connectivity index (χ0v) is 10.2. The summed E-state index contributed by atoms with van der Waals surface area (Å²) in [5.41, 5.74) is 1.41. The lowest BCUT2D eigenvalue weighted by Crippen LogP contribution is -2.17. The van der Waals surface area contributed by atoms with Gasteiger partial charge in [-0.1, -0.05) is 50.6 Å². The first-order valence-electron chi connectivity index (χ1n) is 6.00. The van der Waals surface area contributed by atoms with E-state index in [1.165, 1.54) is 24.8 Å². The first kappa shape index (κ1) is 12.3. The Bertz CT molecular complexity index is 255. The lowest BCUT2D eigenvalue weighted by atomic mass is 9.95. The Hall–Kier alpha value is -0.820. The topological polar surface area (TPSA) is 12.0 Å². The number of benzene rings is 1. The van der Waals surface area contributed by atoms with Gasteiger partial charge < -0.3 is 5.32 Å². The van der Waals surface area contributed by atoms with Crippen LogP contribution in [0.5, 0.6) is 0 Å². The van der Waals surface area contributed by atoms with Crippen molar-refractivity contribution in [2.75, 3.05) is 7.05 Å². The molecule has 1 nitrogen and oxygen atoms in total. The van der Waals surface area contributed by atoms with E-state index in [1.807, 2.05) is 7.05 Å². The molecular formula is C14H23N. The van der Waals surface area contributed by atoms with Crippen LogP contribution in [0.4, 0.5) is 0 Å². The van der Waals surface area contributed by atoms with Gasteiger partial charge in [-0.2, -0.15) is 0 Å². The van der Waals surface area contributed by atoms with Crippen molar-refractivity contribution in [1.29, 1.82) is 0 Å². The van der Waals surface area contributed by atoms with Gasteiger partial charge in [-0.3, -0.25) is 0 Å². The zero-order valence-electron chi connectivity index (χ0n) is 10.2. The Balaban J connectivity index is 2.50. The van der Waals surface area contributed by atoms with Crippen molar-refractivity contribution in [2.45, 2.75) is 39.2 Å². The number of hydrogen-bond donors (Lipinski definition) is 1. The first-order valence-corrected chi connectivity index (χ1v) is 6.00. The van der Waals surface area contributed by atoms with Gasteiger partial charge in [0.2, 0.25) is 0 Å². The molecule has 0 aliphatic heterocycles. The van der Waals surface area contributed by atoms with E-state index in [9.17, 15) is 0 Å². The fraction of sp³-hybridized carbons (Fsp3) is 0.571. The molecule has 0 bridgehead atoms. The largest absolute Gasteiger partial charge is 0.313 e. The van der Waals surface area contributed by atoms with Crippen LogP contribution in [0.15, 0.2) is 30.3 Å². The second kappa shape index (κ2) is 6.62. The van der Waals surface area contributed by atoms with E-state index in [0.717, 1.165) is 5.92 Å². The lowest BCUT2D eigenvalue weighted by Gasteiger charge is -2.18. The van der Waals surface area contributed by atoms with Crippen LogP contribution >= 0.6 is 0 Å². The van der Waals surface area contributed by atoms with Gasteiger partial charge in [-0.15, -0.1) is 0 Å². The summed E-state index contributed by atoms with van der Waals surface area (Å²) in [7, 11) is 2.05. The third kappa shape index (κ3) is 4.05. The van der Waals surface area contributed by atoms with Crippen LogP contribution in [-0.4, -0.2) is 7.05 Å². The van der Waals surface area contributed by atoms with Crippen molar-refractivity contribution < 1.29 is 0 Å². The standard InChI is InChI=1S/C14H23N/c1-4-12(2)10-11-14(15-3)13-8-6-5-7-9-13/h5-9,12,14-15H,4,10-11H2,1-3H3. The summed E-state index contributed by atoms with van der Waals surface area (Å²) in [4.78, 5) is 0. The second-order valence-corrected chi connectivity index (χ2v) is 4.34. The highest BCUT2D eigenvalue weighted by atomic mass is 14.9. The minimum absolute atomic E-state index is 0.514. The number of rotatable bonds is 6. The summed E-state index contributed by atoms with van der Waals surface area (Å²) < 4.78 is 0. The highest BCUT2D eigenvalue weighted by Gasteiger charge is 2.09. The SMILES string of the molecule is CCC(C)CCC(NC)c1ccccc1. The molecule has 2 atom stereocenters. The minimum atomic E-state index is 0.514. The van der Waals surface area contributed by atoms with Gasteiger partial charge in [0.15, 0.2) is 0 Å². The van der Waals surface area contributed by atoms with Crippen LogP contribution in [0.2, 0.25) is 0 Å². The molecule has 0 spiro atoms. The van der Waals surface area contributed by atoms with Gasteiger partial charge in [-0.05, 0) is 31.4 Å². The van der Waals surface area contributed by atoms with E-state index in [1.54, 1.807) is 0 Å². The fourth-order valence-corrected chi connectivity index (χ4v) is 1.82. The summed E-state index contributed by atoms with van der Waals surface area (Å²) in [5.74, 6) is 0.838. The van der Waals surface area contributed by atoms with Crippen LogP contribution in [-0.2, 0) is 0 Å². The van der Waals surface area contributed by atoms with Gasteiger partial charge in [-0.25, -0.2) is 0 Å². The number of hydrogen-bond acceptors (Lipinski definition) is 1. The number of nitrogens with one attached hydrogen (secondary N) is 1. The smallest absolute Gasteiger partial charge is 0.0317 e. The molecule has 0 radical (unpaired) electrons. The molecule has 1 aromatic carbocycles. The van der Waals surface area contributed by atoms with Crippen molar-refractivity contribution in [3.63, 3.8) is 0 Å². The molecule has 1 aromatic rings. The Morgan fingerprint density at radius 1 is 1.13 bits per heavy atom. The predicted molar refractivity (Wildman–Crippen MR) is 66.9 cm³/mol. The molecule has 15 heavy (non-hydrogen) atoms. The molecule has 1 N–H and O–H groups in total. The van der Waals surface area contributed by atoms with Crippen molar-refractivity contribution in [3.05, 3.63) is 35.9 Å². The van der Waals surface area contributed by atoms with Crippen LogP contribution in [0, 0.1) is 5.92 Å². The average Bonchev–Trinajstić information content (AvgIpc) is 2.31. The Morgan fingerprint density at radius 3 is 2.33 bits per heavy atom. The van der Waals surface area contributed by atoms with Crippen LogP contribution < -0.4 is 5.32 Å². The molecule has 0 aliphatic rings. The molecule has 84 valence electrons. The van der Waals surface area contributed by atoms with Crippen molar-refractivity contribution >= 4 is 0 Å². The third-order valence-electron chi connectivity index (χ3n) is 3.20. The Labute approximate surface area is 93.9 Å². The summed E-state index contributed by atoms with van der Waals surface area (Å²) >= 11 is 0. The van der Waals surface area contributed by atoms with Crippen molar-refractivity contribution in [1.82, 2.24) is 5.32 Å². The maximum atomic E-state index is 3.40. The molecule has 0 aromatic heterocycles. The Kier molecular flexibility index (Phi) is 5.41. The van der Waals surface area contributed by atoms with Gasteiger partial charge >= 0.3 is 0 Å². The van der Waals surface area contributed by atoms with E-state index < -0.39 is 0 Å². The first-order chi connectivity index (χ1) is 7.27. The van der Waals surface area contributed by atoms with E-state index in [0.29, 0.717) is 6.04 Å². The third-order valence-corrected chi connectivity index (χ3v) is 3.20. The molecule has 0 saturated heterocycles. The van der Waals surface area contributed by atoms with Crippen molar-refractivity contribution in [3.8, 4) is 0 Å². The van der Waals surface area contributed by atoms with Gasteiger partial charge in [0.25, 0.3) is 0 Å². The maximum Gasteiger partial charge on any atom is 0.0317 e. The van der Waals surface area contributed by atoms with E-state index in [4.69, 9.17) is 0 Å². The summed E-state index contributed by atoms with van der Waals surface area (Å²) in [6, 6.07) is 11.2. The maximum absolute atomic E-state index is 3.40. The molecule has 0 saturated carbocycles. The van der Waals surface area contributed by atoms with Gasteiger partial charge in [0.05, 0.1) is 0 Å². The average molecular weight is 205 g/mol. The molecule has 0 amide bonds. The highest BCUT2D eigenvalue weighted by molar-refractivity contribution is 5.18.